The van der Waals surface area contributed by atoms with Gasteiger partial charge in [0.2, 0.25) is 0 Å². The third-order valence-corrected chi connectivity index (χ3v) is 5.98. The number of ether oxygens (including phenoxy) is 2. The van der Waals surface area contributed by atoms with E-state index >= 15 is 0 Å². The molecule has 162 valence electrons. The highest BCUT2D eigenvalue weighted by atomic mass is 16.5. The average molecular weight is 435 g/mol. The van der Waals surface area contributed by atoms with Gasteiger partial charge < -0.3 is 9.47 Å². The molecule has 0 bridgehead atoms. The molecule has 0 aliphatic rings. The quantitative estimate of drug-likeness (QED) is 0.383. The Balaban J connectivity index is 1.39. The number of hydrogen-bond donors (Lipinski definition) is 0. The third kappa shape index (κ3) is 3.34. The summed E-state index contributed by atoms with van der Waals surface area (Å²) >= 11 is 0. The summed E-state index contributed by atoms with van der Waals surface area (Å²) < 4.78 is 14.7. The van der Waals surface area contributed by atoms with E-state index in [0.717, 1.165) is 55.8 Å². The number of hydrogen-bond acceptors (Lipinski definition) is 5. The van der Waals surface area contributed by atoms with Crippen LogP contribution in [-0.2, 0) is 6.54 Å². The molecule has 7 nitrogen and oxygen atoms in total. The van der Waals surface area contributed by atoms with Crippen LogP contribution in [0.25, 0.3) is 38.6 Å². The normalized spacial score (nSPS) is 11.5. The Bertz CT molecular complexity index is 1630. The van der Waals surface area contributed by atoms with Crippen LogP contribution in [0.2, 0.25) is 0 Å². The zero-order chi connectivity index (χ0) is 22.4. The van der Waals surface area contributed by atoms with Gasteiger partial charge in [-0.05, 0) is 52.7 Å². The first kappa shape index (κ1) is 19.3. The van der Waals surface area contributed by atoms with Crippen molar-refractivity contribution in [2.24, 2.45) is 0 Å². The molecule has 6 rings (SSSR count). The number of imidazole rings is 1. The molecular formula is C26H21N5O2. The van der Waals surface area contributed by atoms with Crippen molar-refractivity contribution in [3.8, 4) is 22.6 Å². The summed E-state index contributed by atoms with van der Waals surface area (Å²) in [4.78, 5) is 9.16. The highest BCUT2D eigenvalue weighted by Crippen LogP contribution is 2.28. The van der Waals surface area contributed by atoms with Crippen LogP contribution in [0, 0.1) is 0 Å². The summed E-state index contributed by atoms with van der Waals surface area (Å²) in [6, 6.07) is 18.5. The average Bonchev–Trinajstić information content (AvgIpc) is 3.46. The summed E-state index contributed by atoms with van der Waals surface area (Å²) in [5.41, 5.74) is 5.86. The molecule has 33 heavy (non-hydrogen) atoms. The van der Waals surface area contributed by atoms with Gasteiger partial charge in [0.1, 0.15) is 22.7 Å². The van der Waals surface area contributed by atoms with Crippen molar-refractivity contribution in [1.82, 2.24) is 24.1 Å². The van der Waals surface area contributed by atoms with Crippen LogP contribution >= 0.6 is 0 Å². The lowest BCUT2D eigenvalue weighted by Gasteiger charge is -2.08. The summed E-state index contributed by atoms with van der Waals surface area (Å²) in [6.45, 7) is 0.570. The molecule has 0 saturated carbocycles. The maximum atomic E-state index is 5.37. The number of benzene rings is 2. The van der Waals surface area contributed by atoms with E-state index in [2.05, 4.69) is 45.4 Å². The van der Waals surface area contributed by atoms with Crippen LogP contribution in [0.5, 0.6) is 11.5 Å². The molecule has 0 spiro atoms. The van der Waals surface area contributed by atoms with Crippen molar-refractivity contribution in [1.29, 1.82) is 0 Å². The number of methoxy groups -OCH3 is 2. The second kappa shape index (κ2) is 7.63. The fraction of sp³-hybridized carbons (Fsp3) is 0.115. The fourth-order valence-electron chi connectivity index (χ4n) is 4.17. The number of fused-ring (bicyclic) bond motifs is 3. The Hall–Kier alpha value is -4.39. The van der Waals surface area contributed by atoms with Crippen LogP contribution < -0.4 is 9.47 Å². The Kier molecular flexibility index (Phi) is 4.47. The summed E-state index contributed by atoms with van der Waals surface area (Å²) in [6.07, 6.45) is 7.52. The van der Waals surface area contributed by atoms with Crippen molar-refractivity contribution in [3.63, 3.8) is 0 Å². The summed E-state index contributed by atoms with van der Waals surface area (Å²) in [5.74, 6) is 1.64. The predicted octanol–water partition coefficient (Wildman–Crippen LogP) is 4.96. The molecule has 0 N–H and O–H groups in total. The van der Waals surface area contributed by atoms with E-state index in [9.17, 15) is 0 Å². The molecule has 6 aromatic rings. The van der Waals surface area contributed by atoms with Crippen molar-refractivity contribution >= 4 is 27.5 Å². The Morgan fingerprint density at radius 2 is 1.58 bits per heavy atom. The highest BCUT2D eigenvalue weighted by molar-refractivity contribution is 5.89. The number of pyridine rings is 2. The van der Waals surface area contributed by atoms with E-state index in [0.29, 0.717) is 6.54 Å². The largest absolute Gasteiger partial charge is 0.497 e. The standard InChI is InChI=1S/C26H21N5O2/c1-32-22-6-5-17-9-18(3-4-19(17)10-22)20-11-25-24(27-12-20)14-29-31(25)15-21-13-28-26-8-7-23(33-2)16-30(21)26/h3-14,16H,15H2,1-2H3. The van der Waals surface area contributed by atoms with Crippen LogP contribution in [0.4, 0.5) is 0 Å². The SMILES string of the molecule is COc1ccc2cc(-c3cnc4cnn(Cc5cnc6ccc(OC)cn56)c4c3)ccc2c1. The molecule has 7 heteroatoms. The molecule has 0 amide bonds. The molecule has 0 unspecified atom stereocenters. The molecule has 0 atom stereocenters. The van der Waals surface area contributed by atoms with Gasteiger partial charge in [-0.1, -0.05) is 18.2 Å². The maximum Gasteiger partial charge on any atom is 0.137 e. The predicted molar refractivity (Wildman–Crippen MR) is 128 cm³/mol. The molecule has 0 saturated heterocycles. The van der Waals surface area contributed by atoms with E-state index in [1.165, 1.54) is 0 Å². The number of aromatic nitrogens is 5. The van der Waals surface area contributed by atoms with Gasteiger partial charge in [-0.25, -0.2) is 4.98 Å². The van der Waals surface area contributed by atoms with Crippen LogP contribution in [0.1, 0.15) is 5.69 Å². The number of rotatable bonds is 5. The monoisotopic (exact) mass is 435 g/mol. The van der Waals surface area contributed by atoms with Gasteiger partial charge in [0, 0.05) is 11.8 Å². The minimum atomic E-state index is 0.570. The van der Waals surface area contributed by atoms with Crippen LogP contribution in [0.15, 0.2) is 79.4 Å². The van der Waals surface area contributed by atoms with Gasteiger partial charge in [-0.3, -0.25) is 14.1 Å². The van der Waals surface area contributed by atoms with Gasteiger partial charge in [-0.15, -0.1) is 0 Å². The lowest BCUT2D eigenvalue weighted by atomic mass is 10.0. The fourth-order valence-corrected chi connectivity index (χ4v) is 4.17. The van der Waals surface area contributed by atoms with Crippen LogP contribution in [0.3, 0.4) is 0 Å². The smallest absolute Gasteiger partial charge is 0.137 e. The molecule has 0 aliphatic heterocycles. The zero-order valence-electron chi connectivity index (χ0n) is 18.3. The Morgan fingerprint density at radius 1 is 0.758 bits per heavy atom. The summed E-state index contributed by atoms with van der Waals surface area (Å²) in [7, 11) is 3.35. The minimum Gasteiger partial charge on any atom is -0.497 e. The Labute approximate surface area is 189 Å². The molecular weight excluding hydrogens is 414 g/mol. The second-order valence-electron chi connectivity index (χ2n) is 7.91. The first-order valence-electron chi connectivity index (χ1n) is 10.6. The molecule has 0 aliphatic carbocycles. The lowest BCUT2D eigenvalue weighted by molar-refractivity contribution is 0.412. The van der Waals surface area contributed by atoms with E-state index in [1.807, 2.05) is 51.9 Å². The Morgan fingerprint density at radius 3 is 2.45 bits per heavy atom. The molecule has 0 fully saturated rings. The van der Waals surface area contributed by atoms with Gasteiger partial charge in [0.25, 0.3) is 0 Å². The van der Waals surface area contributed by atoms with Gasteiger partial charge in [-0.2, -0.15) is 5.10 Å². The van der Waals surface area contributed by atoms with Crippen molar-refractivity contribution in [3.05, 3.63) is 85.1 Å². The van der Waals surface area contributed by atoms with Crippen molar-refractivity contribution < 1.29 is 9.47 Å². The third-order valence-electron chi connectivity index (χ3n) is 5.98. The first-order chi connectivity index (χ1) is 16.2. The van der Waals surface area contributed by atoms with E-state index in [-0.39, 0.29) is 0 Å². The highest BCUT2D eigenvalue weighted by Gasteiger charge is 2.11. The summed E-state index contributed by atoms with van der Waals surface area (Å²) in [5, 5.41) is 6.88. The first-order valence-corrected chi connectivity index (χ1v) is 10.6. The minimum absolute atomic E-state index is 0.570. The van der Waals surface area contributed by atoms with E-state index < -0.39 is 0 Å². The van der Waals surface area contributed by atoms with Crippen molar-refractivity contribution in [2.45, 2.75) is 6.54 Å². The van der Waals surface area contributed by atoms with E-state index in [1.54, 1.807) is 20.4 Å². The van der Waals surface area contributed by atoms with Crippen molar-refractivity contribution in [2.75, 3.05) is 14.2 Å². The number of nitrogens with zero attached hydrogens (tertiary/aromatic N) is 5. The van der Waals surface area contributed by atoms with Crippen LogP contribution in [-0.4, -0.2) is 38.4 Å². The second-order valence-corrected chi connectivity index (χ2v) is 7.91. The molecule has 0 radical (unpaired) electrons. The zero-order valence-corrected chi connectivity index (χ0v) is 18.3. The topological polar surface area (TPSA) is 66.5 Å². The van der Waals surface area contributed by atoms with E-state index in [4.69, 9.17) is 9.47 Å². The van der Waals surface area contributed by atoms with Gasteiger partial charge in [0.05, 0.1) is 50.6 Å². The molecule has 2 aromatic carbocycles. The molecule has 4 aromatic heterocycles. The molecule has 4 heterocycles. The lowest BCUT2D eigenvalue weighted by Crippen LogP contribution is -2.04. The van der Waals surface area contributed by atoms with Gasteiger partial charge >= 0.3 is 0 Å². The van der Waals surface area contributed by atoms with Gasteiger partial charge in [0.15, 0.2) is 0 Å². The maximum absolute atomic E-state index is 5.37.